The summed E-state index contributed by atoms with van der Waals surface area (Å²) in [5.41, 5.74) is -0.462. The number of carbonyl (C=O) groups excluding carboxylic acids is 1. The molecule has 0 saturated heterocycles. The number of nitrogens with one attached hydrogen (secondary N) is 1. The third-order valence-corrected chi connectivity index (χ3v) is 5.21. The van der Waals surface area contributed by atoms with Crippen molar-refractivity contribution >= 4 is 5.91 Å². The van der Waals surface area contributed by atoms with Crippen LogP contribution in [0.1, 0.15) is 47.2 Å². The van der Waals surface area contributed by atoms with Crippen LogP contribution in [0.3, 0.4) is 0 Å². The summed E-state index contributed by atoms with van der Waals surface area (Å²) < 4.78 is 54.6. The molecule has 1 aliphatic carbocycles. The number of pyridine rings is 1. The number of hydrogen-bond acceptors (Lipinski definition) is 3. The molecular weight excluding hydrogens is 374 g/mol. The van der Waals surface area contributed by atoms with Crippen molar-refractivity contribution in [3.05, 3.63) is 65.0 Å². The lowest BCUT2D eigenvalue weighted by molar-refractivity contribution is -0.0516. The summed E-state index contributed by atoms with van der Waals surface area (Å²) in [6.45, 7) is -0.0192. The van der Waals surface area contributed by atoms with Crippen LogP contribution in [-0.2, 0) is 5.41 Å². The smallest absolute Gasteiger partial charge is 0.254 e. The van der Waals surface area contributed by atoms with Gasteiger partial charge in [0.15, 0.2) is 0 Å². The number of hydrogen-bond donors (Lipinski definition) is 1. The lowest BCUT2D eigenvalue weighted by Crippen LogP contribution is -2.45. The fourth-order valence-corrected chi connectivity index (χ4v) is 3.46. The summed E-state index contributed by atoms with van der Waals surface area (Å²) in [7, 11) is 0. The first kappa shape index (κ1) is 19.8. The van der Waals surface area contributed by atoms with Crippen LogP contribution in [0, 0.1) is 23.1 Å². The summed E-state index contributed by atoms with van der Waals surface area (Å²) in [5, 5.41) is 11.4. The topological polar surface area (TPSA) is 65.8 Å². The van der Waals surface area contributed by atoms with E-state index >= 15 is 0 Å². The molecule has 1 heterocycles. The molecule has 4 nitrogen and oxygen atoms in total. The van der Waals surface area contributed by atoms with Crippen LogP contribution in [0.5, 0.6) is 0 Å². The van der Waals surface area contributed by atoms with Gasteiger partial charge in [0.1, 0.15) is 5.82 Å². The summed E-state index contributed by atoms with van der Waals surface area (Å²) in [5.74, 6) is -5.04. The summed E-state index contributed by atoms with van der Waals surface area (Å²) in [6, 6.07) is 7.87. The molecule has 1 amide bonds. The van der Waals surface area contributed by atoms with E-state index in [-0.39, 0.29) is 43.4 Å². The molecular formula is C20H17F4N3O. The minimum Gasteiger partial charge on any atom is -0.351 e. The Hall–Kier alpha value is -2.95. The SMILES string of the molecule is N#Cc1ccc(C(=O)NCC2(c3ccc(F)nc3)CCC(F)(F)CC2)c(F)c1. The Kier molecular flexibility index (Phi) is 5.36. The number of amides is 1. The fraction of sp³-hybridized carbons (Fsp3) is 0.350. The second-order valence-corrected chi connectivity index (χ2v) is 6.99. The van der Waals surface area contributed by atoms with Crippen molar-refractivity contribution in [3.8, 4) is 6.07 Å². The van der Waals surface area contributed by atoms with E-state index in [1.807, 2.05) is 0 Å². The van der Waals surface area contributed by atoms with E-state index in [0.29, 0.717) is 5.56 Å². The molecule has 0 atom stereocenters. The molecule has 0 radical (unpaired) electrons. The maximum atomic E-state index is 14.1. The van der Waals surface area contributed by atoms with Gasteiger partial charge in [-0.2, -0.15) is 9.65 Å². The zero-order chi connectivity index (χ0) is 20.4. The maximum Gasteiger partial charge on any atom is 0.254 e. The molecule has 1 aromatic carbocycles. The highest BCUT2D eigenvalue weighted by Gasteiger charge is 2.44. The normalized spacial score (nSPS) is 17.5. The second-order valence-electron chi connectivity index (χ2n) is 6.99. The average Bonchev–Trinajstić information content (AvgIpc) is 2.68. The van der Waals surface area contributed by atoms with Crippen LogP contribution < -0.4 is 5.32 Å². The Labute approximate surface area is 159 Å². The number of nitriles is 1. The average molecular weight is 391 g/mol. The molecule has 1 aromatic heterocycles. The molecule has 1 N–H and O–H groups in total. The number of alkyl halides is 2. The zero-order valence-electron chi connectivity index (χ0n) is 14.8. The van der Waals surface area contributed by atoms with Gasteiger partial charge in [0.05, 0.1) is 17.2 Å². The van der Waals surface area contributed by atoms with E-state index < -0.39 is 29.0 Å². The highest BCUT2D eigenvalue weighted by atomic mass is 19.3. The van der Waals surface area contributed by atoms with Crippen LogP contribution in [0.4, 0.5) is 17.6 Å². The van der Waals surface area contributed by atoms with Crippen LogP contribution in [0.2, 0.25) is 0 Å². The molecule has 1 aliphatic rings. The first-order valence-corrected chi connectivity index (χ1v) is 8.72. The lowest BCUT2D eigenvalue weighted by atomic mass is 9.68. The van der Waals surface area contributed by atoms with Gasteiger partial charge in [0.2, 0.25) is 11.9 Å². The lowest BCUT2D eigenvalue weighted by Gasteiger charge is -2.40. The summed E-state index contributed by atoms with van der Waals surface area (Å²) in [6.07, 6.45) is 0.692. The standard InChI is InChI=1S/C20H17F4N3O/c21-16-9-13(10-25)1-3-15(16)18(28)27-12-19(5-7-20(23,24)8-6-19)14-2-4-17(22)26-11-14/h1-4,9,11H,5-8,12H2,(H,27,28). The van der Waals surface area contributed by atoms with E-state index in [0.717, 1.165) is 12.1 Å². The first-order valence-electron chi connectivity index (χ1n) is 8.72. The maximum absolute atomic E-state index is 14.1. The molecule has 1 saturated carbocycles. The van der Waals surface area contributed by atoms with E-state index in [2.05, 4.69) is 10.3 Å². The van der Waals surface area contributed by atoms with Crippen molar-refractivity contribution in [1.29, 1.82) is 5.26 Å². The minimum atomic E-state index is -2.79. The molecule has 1 fully saturated rings. The van der Waals surface area contributed by atoms with Crippen LogP contribution in [0.15, 0.2) is 36.5 Å². The van der Waals surface area contributed by atoms with Crippen molar-refractivity contribution in [3.63, 3.8) is 0 Å². The van der Waals surface area contributed by atoms with Crippen molar-refractivity contribution in [2.75, 3.05) is 6.54 Å². The number of nitrogens with zero attached hydrogens (tertiary/aromatic N) is 2. The molecule has 0 unspecified atom stereocenters. The summed E-state index contributed by atoms with van der Waals surface area (Å²) >= 11 is 0. The summed E-state index contributed by atoms with van der Waals surface area (Å²) in [4.78, 5) is 16.0. The Morgan fingerprint density at radius 2 is 1.86 bits per heavy atom. The van der Waals surface area contributed by atoms with Crippen molar-refractivity contribution in [1.82, 2.24) is 10.3 Å². The largest absolute Gasteiger partial charge is 0.351 e. The molecule has 2 aromatic rings. The molecule has 0 aliphatic heterocycles. The van der Waals surface area contributed by atoms with Gasteiger partial charge in [-0.1, -0.05) is 6.07 Å². The van der Waals surface area contributed by atoms with Gasteiger partial charge in [0.25, 0.3) is 5.91 Å². The molecule has 28 heavy (non-hydrogen) atoms. The Morgan fingerprint density at radius 3 is 2.43 bits per heavy atom. The Bertz CT molecular complexity index is 912. The van der Waals surface area contributed by atoms with E-state index in [1.165, 1.54) is 24.4 Å². The number of halogens is 4. The highest BCUT2D eigenvalue weighted by Crippen LogP contribution is 2.45. The number of benzene rings is 1. The van der Waals surface area contributed by atoms with Gasteiger partial charge >= 0.3 is 0 Å². The fourth-order valence-electron chi connectivity index (χ4n) is 3.46. The van der Waals surface area contributed by atoms with E-state index in [9.17, 15) is 22.4 Å². The van der Waals surface area contributed by atoms with Gasteiger partial charge in [-0.15, -0.1) is 0 Å². The van der Waals surface area contributed by atoms with Gasteiger partial charge in [0, 0.05) is 31.0 Å². The monoisotopic (exact) mass is 391 g/mol. The first-order chi connectivity index (χ1) is 13.2. The predicted molar refractivity (Wildman–Crippen MR) is 92.7 cm³/mol. The molecule has 3 rings (SSSR count). The molecule has 8 heteroatoms. The van der Waals surface area contributed by atoms with Crippen LogP contribution >= 0.6 is 0 Å². The van der Waals surface area contributed by atoms with Crippen LogP contribution in [-0.4, -0.2) is 23.4 Å². The molecule has 0 bridgehead atoms. The Morgan fingerprint density at radius 1 is 1.14 bits per heavy atom. The van der Waals surface area contributed by atoms with E-state index in [1.54, 1.807) is 6.07 Å². The van der Waals surface area contributed by atoms with Gasteiger partial charge in [-0.25, -0.2) is 18.2 Å². The minimum absolute atomic E-state index is 0.0192. The van der Waals surface area contributed by atoms with Gasteiger partial charge in [-0.3, -0.25) is 4.79 Å². The third-order valence-electron chi connectivity index (χ3n) is 5.21. The number of carbonyl (C=O) groups is 1. The van der Waals surface area contributed by atoms with Crippen LogP contribution in [0.25, 0.3) is 0 Å². The third kappa shape index (κ3) is 4.14. The van der Waals surface area contributed by atoms with Crippen molar-refractivity contribution in [2.24, 2.45) is 0 Å². The Balaban J connectivity index is 1.81. The predicted octanol–water partition coefficient (Wildman–Crippen LogP) is 4.11. The molecule has 0 spiro atoms. The van der Waals surface area contributed by atoms with Crippen molar-refractivity contribution < 1.29 is 22.4 Å². The second kappa shape index (κ2) is 7.58. The van der Waals surface area contributed by atoms with Gasteiger partial charge < -0.3 is 5.32 Å². The highest BCUT2D eigenvalue weighted by molar-refractivity contribution is 5.94. The number of rotatable bonds is 4. The van der Waals surface area contributed by atoms with E-state index in [4.69, 9.17) is 5.26 Å². The zero-order valence-corrected chi connectivity index (χ0v) is 14.8. The molecule has 146 valence electrons. The quantitative estimate of drug-likeness (QED) is 0.630. The van der Waals surface area contributed by atoms with Gasteiger partial charge in [-0.05, 0) is 42.7 Å². The number of aromatic nitrogens is 1. The van der Waals surface area contributed by atoms with Crippen molar-refractivity contribution in [2.45, 2.75) is 37.0 Å².